The molecule has 1 aliphatic heterocycles. The first-order valence-corrected chi connectivity index (χ1v) is 14.4. The highest BCUT2D eigenvalue weighted by Crippen LogP contribution is 2.22. The Labute approximate surface area is 249 Å². The molecule has 1 fully saturated rings. The third-order valence-electron chi connectivity index (χ3n) is 7.72. The molecule has 4 rings (SSSR count). The van der Waals surface area contributed by atoms with Gasteiger partial charge in [-0.2, -0.15) is 0 Å². The third kappa shape index (κ3) is 8.19. The van der Waals surface area contributed by atoms with Gasteiger partial charge >= 0.3 is 0 Å². The highest BCUT2D eigenvalue weighted by Gasteiger charge is 2.38. The van der Waals surface area contributed by atoms with E-state index in [1.54, 1.807) is 29.2 Å². The van der Waals surface area contributed by atoms with Crippen molar-refractivity contribution >= 4 is 17.7 Å². The number of nitrogens with one attached hydrogen (secondary N) is 2. The number of nitrogens with zero attached hydrogens (tertiary/aromatic N) is 3. The molecule has 3 amide bonds. The van der Waals surface area contributed by atoms with Gasteiger partial charge in [0.2, 0.25) is 11.8 Å². The van der Waals surface area contributed by atoms with Crippen LogP contribution in [0.5, 0.6) is 0 Å². The topological polar surface area (TPSA) is 94.6 Å². The lowest BCUT2D eigenvalue weighted by Gasteiger charge is -2.45. The van der Waals surface area contributed by atoms with Gasteiger partial charge in [0, 0.05) is 57.1 Å². The van der Waals surface area contributed by atoms with Gasteiger partial charge in [-0.15, -0.1) is 0 Å². The van der Waals surface area contributed by atoms with Crippen LogP contribution in [0, 0.1) is 17.5 Å². The van der Waals surface area contributed by atoms with E-state index in [-0.39, 0.29) is 30.7 Å². The fourth-order valence-electron chi connectivity index (χ4n) is 5.48. The van der Waals surface area contributed by atoms with Gasteiger partial charge in [-0.1, -0.05) is 31.5 Å². The Morgan fingerprint density at radius 1 is 0.930 bits per heavy atom. The Morgan fingerprint density at radius 3 is 2.28 bits per heavy atom. The van der Waals surface area contributed by atoms with Crippen LogP contribution in [-0.2, 0) is 22.4 Å². The minimum absolute atomic E-state index is 0.159. The van der Waals surface area contributed by atoms with Crippen LogP contribution in [0.4, 0.5) is 13.2 Å². The molecule has 0 spiro atoms. The summed E-state index contributed by atoms with van der Waals surface area (Å²) in [5.41, 5.74) is 1.52. The lowest BCUT2D eigenvalue weighted by molar-refractivity contribution is -0.140. The van der Waals surface area contributed by atoms with E-state index in [0.717, 1.165) is 18.6 Å². The summed E-state index contributed by atoms with van der Waals surface area (Å²) in [4.78, 5) is 47.8. The van der Waals surface area contributed by atoms with Gasteiger partial charge in [-0.25, -0.2) is 13.2 Å². The molecule has 2 aromatic carbocycles. The molecule has 8 nitrogen and oxygen atoms in total. The number of halogens is 3. The van der Waals surface area contributed by atoms with Crippen molar-refractivity contribution in [2.75, 3.05) is 26.7 Å². The number of benzene rings is 2. The highest BCUT2D eigenvalue weighted by molar-refractivity contribution is 5.97. The number of hydrogen-bond acceptors (Lipinski definition) is 5. The summed E-state index contributed by atoms with van der Waals surface area (Å²) in [5.74, 6) is -3.31. The molecule has 2 N–H and O–H groups in total. The van der Waals surface area contributed by atoms with Crippen molar-refractivity contribution in [2.45, 2.75) is 50.7 Å². The normalized spacial score (nSPS) is 16.8. The zero-order valence-electron chi connectivity index (χ0n) is 24.2. The van der Waals surface area contributed by atoms with E-state index in [0.29, 0.717) is 42.7 Å². The van der Waals surface area contributed by atoms with E-state index in [4.69, 9.17) is 0 Å². The largest absolute Gasteiger partial charge is 0.358 e. The quantitative estimate of drug-likeness (QED) is 0.354. The predicted molar refractivity (Wildman–Crippen MR) is 155 cm³/mol. The Balaban J connectivity index is 1.56. The van der Waals surface area contributed by atoms with E-state index in [1.165, 1.54) is 37.6 Å². The van der Waals surface area contributed by atoms with Gasteiger partial charge in [0.1, 0.15) is 11.9 Å². The molecular formula is C32H36F3N5O3. The minimum atomic E-state index is -0.978. The average Bonchev–Trinajstić information content (AvgIpc) is 3.02. The molecule has 0 saturated carbocycles. The fraction of sp³-hybridized carbons (Fsp3) is 0.375. The van der Waals surface area contributed by atoms with Crippen molar-refractivity contribution in [3.63, 3.8) is 0 Å². The first-order chi connectivity index (χ1) is 20.7. The van der Waals surface area contributed by atoms with Crippen LogP contribution in [0.25, 0.3) is 0 Å². The van der Waals surface area contributed by atoms with Gasteiger partial charge in [0.05, 0.1) is 6.04 Å². The highest BCUT2D eigenvalue weighted by atomic mass is 19.2. The lowest BCUT2D eigenvalue weighted by Crippen LogP contribution is -2.63. The van der Waals surface area contributed by atoms with Crippen molar-refractivity contribution in [1.82, 2.24) is 25.4 Å². The molecule has 3 unspecified atom stereocenters. The van der Waals surface area contributed by atoms with Crippen LogP contribution >= 0.6 is 0 Å². The second-order valence-electron chi connectivity index (χ2n) is 10.6. The van der Waals surface area contributed by atoms with Gasteiger partial charge < -0.3 is 15.5 Å². The van der Waals surface area contributed by atoms with E-state index >= 15 is 0 Å². The van der Waals surface area contributed by atoms with E-state index < -0.39 is 35.4 Å². The maximum Gasteiger partial charge on any atom is 0.252 e. The second-order valence-corrected chi connectivity index (χ2v) is 10.6. The molecular weight excluding hydrogens is 559 g/mol. The Hall–Kier alpha value is -4.25. The van der Waals surface area contributed by atoms with Crippen molar-refractivity contribution in [2.24, 2.45) is 0 Å². The summed E-state index contributed by atoms with van der Waals surface area (Å²) < 4.78 is 41.0. The predicted octanol–water partition coefficient (Wildman–Crippen LogP) is 3.51. The number of carbonyl (C=O) groups is 3. The summed E-state index contributed by atoms with van der Waals surface area (Å²) >= 11 is 0. The van der Waals surface area contributed by atoms with Crippen LogP contribution in [-0.4, -0.2) is 77.3 Å². The Kier molecular flexibility index (Phi) is 10.9. The lowest BCUT2D eigenvalue weighted by atomic mass is 9.98. The summed E-state index contributed by atoms with van der Waals surface area (Å²) in [6.07, 6.45) is 4.72. The number of rotatable bonds is 11. The van der Waals surface area contributed by atoms with Gasteiger partial charge in [-0.3, -0.25) is 24.3 Å². The number of amides is 3. The fourth-order valence-corrected chi connectivity index (χ4v) is 5.48. The molecule has 0 radical (unpaired) electrons. The molecule has 1 saturated heterocycles. The standard InChI is InChI=1S/C32H36F3N5O3/c1-3-4-25-20-39(29(31(42)36-2)19-22-7-10-26(34)27(35)17-22)15-16-40(25)32(43)28(18-21-5-8-24(33)9-6-21)38-30(41)23-11-13-37-14-12-23/h5-14,17,25,28-29H,3-4,15-16,18-20H2,1-2H3,(H,36,42)(H,38,41). The van der Waals surface area contributed by atoms with E-state index in [1.807, 2.05) is 11.8 Å². The third-order valence-corrected chi connectivity index (χ3v) is 7.72. The van der Waals surface area contributed by atoms with E-state index in [2.05, 4.69) is 15.6 Å². The number of carbonyl (C=O) groups excluding carboxylic acids is 3. The summed E-state index contributed by atoms with van der Waals surface area (Å²) in [6, 6.07) is 10.7. The number of piperazine rings is 1. The zero-order valence-corrected chi connectivity index (χ0v) is 24.2. The van der Waals surface area contributed by atoms with E-state index in [9.17, 15) is 27.6 Å². The van der Waals surface area contributed by atoms with Crippen LogP contribution < -0.4 is 10.6 Å². The number of aromatic nitrogens is 1. The smallest absolute Gasteiger partial charge is 0.252 e. The molecule has 11 heteroatoms. The van der Waals surface area contributed by atoms with Crippen molar-refractivity contribution in [1.29, 1.82) is 0 Å². The van der Waals surface area contributed by atoms with Crippen molar-refractivity contribution in [3.8, 4) is 0 Å². The number of hydrogen-bond donors (Lipinski definition) is 2. The number of likely N-dealkylation sites (N-methyl/N-ethyl adjacent to an activating group) is 1. The molecule has 3 atom stereocenters. The maximum atomic E-state index is 14.1. The van der Waals surface area contributed by atoms with Crippen molar-refractivity contribution < 1.29 is 27.6 Å². The van der Waals surface area contributed by atoms with Crippen LogP contribution in [0.1, 0.15) is 41.3 Å². The molecule has 228 valence electrons. The molecule has 1 aromatic heterocycles. The first-order valence-electron chi connectivity index (χ1n) is 14.4. The SMILES string of the molecule is CCCC1CN(C(Cc2ccc(F)c(F)c2)C(=O)NC)CCN1C(=O)C(Cc1ccc(F)cc1)NC(=O)c1ccncc1. The maximum absolute atomic E-state index is 14.1. The molecule has 0 bridgehead atoms. The minimum Gasteiger partial charge on any atom is -0.358 e. The van der Waals surface area contributed by atoms with Crippen LogP contribution in [0.3, 0.4) is 0 Å². The first kappa shape index (κ1) is 31.7. The summed E-state index contributed by atoms with van der Waals surface area (Å²) in [6.45, 7) is 3.03. The zero-order chi connectivity index (χ0) is 30.9. The molecule has 3 aromatic rings. The van der Waals surface area contributed by atoms with Crippen LogP contribution in [0.2, 0.25) is 0 Å². The summed E-state index contributed by atoms with van der Waals surface area (Å²) in [7, 11) is 1.52. The average molecular weight is 596 g/mol. The van der Waals surface area contributed by atoms with Gasteiger partial charge in [0.15, 0.2) is 11.6 Å². The monoisotopic (exact) mass is 595 g/mol. The summed E-state index contributed by atoms with van der Waals surface area (Å²) in [5, 5.41) is 5.53. The Bertz CT molecular complexity index is 1410. The molecule has 43 heavy (non-hydrogen) atoms. The Morgan fingerprint density at radius 2 is 1.63 bits per heavy atom. The van der Waals surface area contributed by atoms with Crippen LogP contribution in [0.15, 0.2) is 67.0 Å². The molecule has 1 aliphatic rings. The van der Waals surface area contributed by atoms with Gasteiger partial charge in [0.25, 0.3) is 5.91 Å². The molecule has 2 heterocycles. The second kappa shape index (κ2) is 14.8. The number of pyridine rings is 1. The molecule has 0 aliphatic carbocycles. The van der Waals surface area contributed by atoms with Gasteiger partial charge in [-0.05, 0) is 60.4 Å². The van der Waals surface area contributed by atoms with Crippen molar-refractivity contribution in [3.05, 3.63) is 101 Å².